The van der Waals surface area contributed by atoms with Gasteiger partial charge in [-0.05, 0) is 38.1 Å². The zero-order valence-corrected chi connectivity index (χ0v) is 18.6. The number of urea groups is 1. The number of anilines is 1. The molecule has 5 heterocycles. The van der Waals surface area contributed by atoms with Gasteiger partial charge in [-0.25, -0.2) is 28.4 Å². The van der Waals surface area contributed by atoms with E-state index in [1.54, 1.807) is 48.9 Å². The first-order chi connectivity index (χ1) is 16.1. The number of aromatic nitrogens is 3. The lowest BCUT2D eigenvalue weighted by Gasteiger charge is -2.31. The molecule has 0 aromatic carbocycles. The minimum absolute atomic E-state index is 0.0115. The minimum Gasteiger partial charge on any atom is -0.338 e. The molecule has 176 valence electrons. The number of fused-ring (bicyclic) bond motifs is 1. The summed E-state index contributed by atoms with van der Waals surface area (Å²) in [5, 5.41) is 3.32. The average Bonchev–Trinajstić information content (AvgIpc) is 3.30. The Morgan fingerprint density at radius 2 is 1.79 bits per heavy atom. The smallest absolute Gasteiger partial charge is 0.330 e. The van der Waals surface area contributed by atoms with Crippen LogP contribution in [0.1, 0.15) is 37.0 Å². The Labute approximate surface area is 193 Å². The molecule has 9 nitrogen and oxygen atoms in total. The molecule has 0 aliphatic carbocycles. The van der Waals surface area contributed by atoms with Gasteiger partial charge in [0.1, 0.15) is 17.0 Å². The summed E-state index contributed by atoms with van der Waals surface area (Å²) in [4.78, 5) is 48.6. The maximum atomic E-state index is 13.4. The molecular weight excluding hydrogens is 446 g/mol. The highest BCUT2D eigenvalue weighted by Crippen LogP contribution is 2.29. The van der Waals surface area contributed by atoms with Crippen LogP contribution in [0.5, 0.6) is 0 Å². The Morgan fingerprint density at radius 3 is 2.41 bits per heavy atom. The lowest BCUT2D eigenvalue weighted by molar-refractivity contribution is -0.121. The normalized spacial score (nSPS) is 19.5. The van der Waals surface area contributed by atoms with Crippen LogP contribution in [-0.4, -0.2) is 61.8 Å². The van der Waals surface area contributed by atoms with Gasteiger partial charge in [-0.3, -0.25) is 14.2 Å². The van der Waals surface area contributed by atoms with E-state index in [2.05, 4.69) is 15.3 Å². The number of likely N-dealkylation sites (tertiary alicyclic amines) is 1. The number of hydrogen-bond acceptors (Lipinski definition) is 5. The molecule has 0 atom stereocenters. The molecule has 2 aliphatic heterocycles. The van der Waals surface area contributed by atoms with Gasteiger partial charge in [0.05, 0.1) is 17.4 Å². The van der Waals surface area contributed by atoms with Crippen LogP contribution in [0.15, 0.2) is 42.9 Å². The summed E-state index contributed by atoms with van der Waals surface area (Å²) in [6, 6.07) is 6.23. The number of rotatable bonds is 3. The van der Waals surface area contributed by atoms with Crippen molar-refractivity contribution in [2.45, 2.75) is 38.2 Å². The van der Waals surface area contributed by atoms with Gasteiger partial charge in [-0.1, -0.05) is 0 Å². The number of piperidine rings is 1. The SMILES string of the molecule is CC1(C)NC(=O)N(c2ccc(-n3ccc4cc(C(=O)N5CCC(F)(F)CC5)cnc43)cn2)C1=O. The number of halogens is 2. The highest BCUT2D eigenvalue weighted by Gasteiger charge is 2.45. The lowest BCUT2D eigenvalue weighted by atomic mass is 10.1. The molecular formula is C23H22F2N6O3. The summed E-state index contributed by atoms with van der Waals surface area (Å²) in [6.07, 6.45) is 4.05. The summed E-state index contributed by atoms with van der Waals surface area (Å²) in [5.74, 6) is -3.22. The van der Waals surface area contributed by atoms with Crippen LogP contribution in [-0.2, 0) is 4.79 Å². The number of carbonyl (C=O) groups excluding carboxylic acids is 3. The van der Waals surface area contributed by atoms with Crippen molar-refractivity contribution in [1.29, 1.82) is 0 Å². The predicted octanol–water partition coefficient (Wildman–Crippen LogP) is 3.13. The fourth-order valence-electron chi connectivity index (χ4n) is 4.18. The van der Waals surface area contributed by atoms with Crippen LogP contribution in [0, 0.1) is 0 Å². The van der Waals surface area contributed by atoms with E-state index in [9.17, 15) is 23.2 Å². The first-order valence-corrected chi connectivity index (χ1v) is 10.8. The van der Waals surface area contributed by atoms with Crippen LogP contribution in [0.25, 0.3) is 16.7 Å². The molecule has 5 rings (SSSR count). The van der Waals surface area contributed by atoms with Gasteiger partial charge >= 0.3 is 6.03 Å². The van der Waals surface area contributed by atoms with Crippen molar-refractivity contribution < 1.29 is 23.2 Å². The van der Waals surface area contributed by atoms with E-state index in [0.29, 0.717) is 22.3 Å². The third kappa shape index (κ3) is 3.66. The average molecular weight is 468 g/mol. The number of pyridine rings is 2. The van der Waals surface area contributed by atoms with Gasteiger partial charge in [0.25, 0.3) is 17.7 Å². The molecule has 34 heavy (non-hydrogen) atoms. The molecule has 3 aromatic heterocycles. The Bertz CT molecular complexity index is 1310. The molecule has 3 aromatic rings. The molecule has 1 N–H and O–H groups in total. The zero-order valence-electron chi connectivity index (χ0n) is 18.6. The van der Waals surface area contributed by atoms with Crippen molar-refractivity contribution in [2.75, 3.05) is 18.0 Å². The van der Waals surface area contributed by atoms with Gasteiger partial charge in [0, 0.05) is 43.7 Å². The maximum Gasteiger partial charge on any atom is 0.330 e. The summed E-state index contributed by atoms with van der Waals surface area (Å²) in [6.45, 7) is 3.27. The first kappa shape index (κ1) is 21.9. The molecule has 0 saturated carbocycles. The van der Waals surface area contributed by atoms with Crippen molar-refractivity contribution in [3.05, 3.63) is 48.4 Å². The fourth-order valence-corrected chi connectivity index (χ4v) is 4.18. The van der Waals surface area contributed by atoms with E-state index >= 15 is 0 Å². The Balaban J connectivity index is 1.38. The summed E-state index contributed by atoms with van der Waals surface area (Å²) >= 11 is 0. The maximum absolute atomic E-state index is 13.4. The highest BCUT2D eigenvalue weighted by atomic mass is 19.3. The van der Waals surface area contributed by atoms with Crippen molar-refractivity contribution in [1.82, 2.24) is 24.8 Å². The fraction of sp³-hybridized carbons (Fsp3) is 0.348. The standard InChI is InChI=1S/C23H22F2N6O3/c1-22(2)20(33)31(21(34)28-22)17-4-3-16(13-26-17)30-8-5-14-11-15(12-27-18(14)30)19(32)29-9-6-23(24,25)7-10-29/h3-5,8,11-13H,6-7,9-10H2,1-2H3,(H,28,34). The van der Waals surface area contributed by atoms with E-state index in [-0.39, 0.29) is 43.6 Å². The number of carbonyl (C=O) groups is 3. The molecule has 2 aliphatic rings. The summed E-state index contributed by atoms with van der Waals surface area (Å²) in [7, 11) is 0. The highest BCUT2D eigenvalue weighted by molar-refractivity contribution is 6.22. The number of amides is 4. The summed E-state index contributed by atoms with van der Waals surface area (Å²) < 4.78 is 28.6. The zero-order chi connectivity index (χ0) is 24.3. The topological polar surface area (TPSA) is 100 Å². The molecule has 0 bridgehead atoms. The molecule has 2 saturated heterocycles. The van der Waals surface area contributed by atoms with Crippen molar-refractivity contribution in [2.24, 2.45) is 0 Å². The van der Waals surface area contributed by atoms with Crippen LogP contribution in [0.3, 0.4) is 0 Å². The third-order valence-electron chi connectivity index (χ3n) is 6.16. The van der Waals surface area contributed by atoms with Crippen LogP contribution < -0.4 is 10.2 Å². The number of imide groups is 1. The largest absolute Gasteiger partial charge is 0.338 e. The molecule has 0 spiro atoms. The van der Waals surface area contributed by atoms with Gasteiger partial charge in [0.2, 0.25) is 0 Å². The number of alkyl halides is 2. The molecule has 4 amide bonds. The molecule has 0 radical (unpaired) electrons. The Hall–Kier alpha value is -3.89. The monoisotopic (exact) mass is 468 g/mol. The van der Waals surface area contributed by atoms with Gasteiger partial charge in [-0.2, -0.15) is 0 Å². The Kier molecular flexibility index (Phi) is 4.88. The predicted molar refractivity (Wildman–Crippen MR) is 119 cm³/mol. The van der Waals surface area contributed by atoms with Crippen molar-refractivity contribution in [3.8, 4) is 5.69 Å². The van der Waals surface area contributed by atoms with Crippen LogP contribution >= 0.6 is 0 Å². The van der Waals surface area contributed by atoms with E-state index in [0.717, 1.165) is 4.90 Å². The Morgan fingerprint density at radius 1 is 1.06 bits per heavy atom. The lowest BCUT2D eigenvalue weighted by Crippen LogP contribution is -2.42. The van der Waals surface area contributed by atoms with Gasteiger partial charge < -0.3 is 10.2 Å². The summed E-state index contributed by atoms with van der Waals surface area (Å²) in [5.41, 5.74) is 0.565. The second-order valence-corrected chi connectivity index (χ2v) is 9.04. The van der Waals surface area contributed by atoms with E-state index < -0.39 is 17.5 Å². The van der Waals surface area contributed by atoms with Crippen LogP contribution in [0.2, 0.25) is 0 Å². The van der Waals surface area contributed by atoms with Crippen LogP contribution in [0.4, 0.5) is 19.4 Å². The molecule has 11 heteroatoms. The molecule has 0 unspecified atom stereocenters. The number of nitrogens with zero attached hydrogens (tertiary/aromatic N) is 5. The van der Waals surface area contributed by atoms with Crippen molar-refractivity contribution in [3.63, 3.8) is 0 Å². The van der Waals surface area contributed by atoms with E-state index in [1.807, 2.05) is 0 Å². The van der Waals surface area contributed by atoms with E-state index in [4.69, 9.17) is 0 Å². The number of nitrogens with one attached hydrogen (secondary N) is 1. The first-order valence-electron chi connectivity index (χ1n) is 10.8. The second-order valence-electron chi connectivity index (χ2n) is 9.04. The quantitative estimate of drug-likeness (QED) is 0.596. The van der Waals surface area contributed by atoms with Crippen molar-refractivity contribution >= 4 is 34.7 Å². The third-order valence-corrected chi connectivity index (χ3v) is 6.16. The molecule has 2 fully saturated rings. The van der Waals surface area contributed by atoms with E-state index in [1.165, 1.54) is 17.3 Å². The number of hydrogen-bond donors (Lipinski definition) is 1. The minimum atomic E-state index is -2.72. The second kappa shape index (κ2) is 7.57. The van der Waals surface area contributed by atoms with Gasteiger partial charge in [-0.15, -0.1) is 0 Å². The van der Waals surface area contributed by atoms with Gasteiger partial charge in [0.15, 0.2) is 0 Å².